The summed E-state index contributed by atoms with van der Waals surface area (Å²) in [5.74, 6) is 1.87. The predicted octanol–water partition coefficient (Wildman–Crippen LogP) is 4.43. The maximum Gasteiger partial charge on any atom is 0.119 e. The van der Waals surface area contributed by atoms with Crippen molar-refractivity contribution >= 4 is 0 Å². The highest BCUT2D eigenvalue weighted by Gasteiger charge is 2.25. The monoisotopic (exact) mass is 311 g/mol. The molecule has 0 N–H and O–H groups in total. The van der Waals surface area contributed by atoms with E-state index in [0.717, 1.165) is 24.6 Å². The summed E-state index contributed by atoms with van der Waals surface area (Å²) in [6, 6.07) is 17.5. The fourth-order valence-corrected chi connectivity index (χ4v) is 3.31. The number of nitrogens with zero attached hydrogens (tertiary/aromatic N) is 1. The van der Waals surface area contributed by atoms with Crippen molar-refractivity contribution in [2.24, 2.45) is 0 Å². The quantitative estimate of drug-likeness (QED) is 0.787. The number of methoxy groups -OCH3 is 1. The van der Waals surface area contributed by atoms with Crippen molar-refractivity contribution in [2.75, 3.05) is 20.3 Å². The number of benzene rings is 2. The summed E-state index contributed by atoms with van der Waals surface area (Å²) >= 11 is 0. The van der Waals surface area contributed by atoms with Gasteiger partial charge in [-0.05, 0) is 61.7 Å². The number of ether oxygens (including phenoxy) is 2. The molecular formula is C20H25NO2. The number of hydrogen-bond acceptors (Lipinski definition) is 3. The number of likely N-dealkylation sites (tertiary alicyclic amines) is 1. The highest BCUT2D eigenvalue weighted by molar-refractivity contribution is 5.30. The Bertz CT molecular complexity index is 607. The smallest absolute Gasteiger partial charge is 0.119 e. The molecule has 0 radical (unpaired) electrons. The van der Waals surface area contributed by atoms with E-state index in [2.05, 4.69) is 53.4 Å². The molecule has 1 atom stereocenters. The Morgan fingerprint density at radius 1 is 1.00 bits per heavy atom. The topological polar surface area (TPSA) is 21.7 Å². The van der Waals surface area contributed by atoms with E-state index in [4.69, 9.17) is 9.47 Å². The molecule has 2 aromatic carbocycles. The molecule has 2 aromatic rings. The molecule has 3 heteroatoms. The molecule has 0 spiro atoms. The normalized spacial score (nSPS) is 18.1. The molecule has 0 bridgehead atoms. The number of hydrogen-bond donors (Lipinski definition) is 0. The van der Waals surface area contributed by atoms with Crippen LogP contribution in [0.2, 0.25) is 0 Å². The van der Waals surface area contributed by atoms with E-state index in [1.54, 1.807) is 7.11 Å². The Labute approximate surface area is 138 Å². The predicted molar refractivity (Wildman–Crippen MR) is 93.0 cm³/mol. The van der Waals surface area contributed by atoms with Gasteiger partial charge in [0.2, 0.25) is 0 Å². The zero-order valence-corrected chi connectivity index (χ0v) is 14.0. The lowest BCUT2D eigenvalue weighted by Gasteiger charge is -2.25. The van der Waals surface area contributed by atoms with Gasteiger partial charge in [0.1, 0.15) is 11.5 Å². The van der Waals surface area contributed by atoms with E-state index in [-0.39, 0.29) is 0 Å². The van der Waals surface area contributed by atoms with Crippen molar-refractivity contribution in [2.45, 2.75) is 32.4 Å². The third-order valence-electron chi connectivity index (χ3n) is 4.48. The highest BCUT2D eigenvalue weighted by atomic mass is 16.5. The molecule has 1 heterocycles. The minimum atomic E-state index is 0.507. The van der Waals surface area contributed by atoms with Crippen LogP contribution in [0.25, 0.3) is 0 Å². The van der Waals surface area contributed by atoms with Crippen molar-refractivity contribution < 1.29 is 9.47 Å². The van der Waals surface area contributed by atoms with Gasteiger partial charge in [0, 0.05) is 12.6 Å². The van der Waals surface area contributed by atoms with E-state index in [0.29, 0.717) is 12.6 Å². The second kappa shape index (κ2) is 7.51. The first-order chi connectivity index (χ1) is 11.3. The van der Waals surface area contributed by atoms with Gasteiger partial charge in [0.05, 0.1) is 13.7 Å². The van der Waals surface area contributed by atoms with Crippen LogP contribution in [0.15, 0.2) is 48.5 Å². The summed E-state index contributed by atoms with van der Waals surface area (Å²) in [6.45, 7) is 4.87. The standard InChI is InChI=1S/C20H25NO2/c1-3-23-19-10-6-16(7-11-19)15-21-14-4-5-20(21)17-8-12-18(22-2)13-9-17/h6-13,20H,3-5,14-15H2,1-2H3/t20-/m0/s1. The molecule has 122 valence electrons. The van der Waals surface area contributed by atoms with Crippen LogP contribution in [-0.2, 0) is 6.54 Å². The third kappa shape index (κ3) is 3.85. The van der Waals surface area contributed by atoms with E-state index >= 15 is 0 Å². The fraction of sp³-hybridized carbons (Fsp3) is 0.400. The van der Waals surface area contributed by atoms with Gasteiger partial charge in [-0.3, -0.25) is 4.90 Å². The maximum atomic E-state index is 5.52. The molecular weight excluding hydrogens is 286 g/mol. The van der Waals surface area contributed by atoms with Gasteiger partial charge in [0.15, 0.2) is 0 Å². The zero-order valence-electron chi connectivity index (χ0n) is 14.0. The first-order valence-electron chi connectivity index (χ1n) is 8.40. The Kier molecular flexibility index (Phi) is 5.19. The molecule has 1 aliphatic rings. The largest absolute Gasteiger partial charge is 0.497 e. The summed E-state index contributed by atoms with van der Waals surface area (Å²) in [4.78, 5) is 2.57. The second-order valence-electron chi connectivity index (χ2n) is 5.98. The van der Waals surface area contributed by atoms with Gasteiger partial charge in [-0.2, -0.15) is 0 Å². The Morgan fingerprint density at radius 3 is 2.35 bits per heavy atom. The first-order valence-corrected chi connectivity index (χ1v) is 8.40. The summed E-state index contributed by atoms with van der Waals surface area (Å²) < 4.78 is 10.8. The van der Waals surface area contributed by atoms with Crippen LogP contribution in [0, 0.1) is 0 Å². The van der Waals surface area contributed by atoms with E-state index in [9.17, 15) is 0 Å². The lowest BCUT2D eigenvalue weighted by molar-refractivity contribution is 0.248. The lowest BCUT2D eigenvalue weighted by Crippen LogP contribution is -2.22. The SMILES string of the molecule is CCOc1ccc(CN2CCC[C@H]2c2ccc(OC)cc2)cc1. The van der Waals surface area contributed by atoms with Crippen molar-refractivity contribution in [1.82, 2.24) is 4.90 Å². The highest BCUT2D eigenvalue weighted by Crippen LogP contribution is 2.34. The van der Waals surface area contributed by atoms with Gasteiger partial charge in [-0.1, -0.05) is 24.3 Å². The van der Waals surface area contributed by atoms with Gasteiger partial charge in [-0.25, -0.2) is 0 Å². The summed E-state index contributed by atoms with van der Waals surface area (Å²) in [6.07, 6.45) is 2.48. The molecule has 3 rings (SSSR count). The molecule has 0 aromatic heterocycles. The zero-order chi connectivity index (χ0) is 16.1. The van der Waals surface area contributed by atoms with Gasteiger partial charge >= 0.3 is 0 Å². The molecule has 0 amide bonds. The Hall–Kier alpha value is -2.00. The average molecular weight is 311 g/mol. The lowest BCUT2D eigenvalue weighted by atomic mass is 10.0. The summed E-state index contributed by atoms with van der Waals surface area (Å²) in [5.41, 5.74) is 2.73. The van der Waals surface area contributed by atoms with Crippen molar-refractivity contribution in [3.8, 4) is 11.5 Å². The van der Waals surface area contributed by atoms with Crippen LogP contribution in [0.1, 0.15) is 36.9 Å². The van der Waals surface area contributed by atoms with Crippen molar-refractivity contribution in [3.05, 3.63) is 59.7 Å². The number of rotatable bonds is 6. The van der Waals surface area contributed by atoms with Gasteiger partial charge < -0.3 is 9.47 Å². The first kappa shape index (κ1) is 15.9. The van der Waals surface area contributed by atoms with Crippen LogP contribution < -0.4 is 9.47 Å². The van der Waals surface area contributed by atoms with E-state index in [1.807, 2.05) is 6.92 Å². The van der Waals surface area contributed by atoms with Crippen LogP contribution in [0.5, 0.6) is 11.5 Å². The van der Waals surface area contributed by atoms with E-state index in [1.165, 1.54) is 24.0 Å². The van der Waals surface area contributed by atoms with Crippen LogP contribution >= 0.6 is 0 Å². The molecule has 1 aliphatic heterocycles. The molecule has 0 unspecified atom stereocenters. The van der Waals surface area contributed by atoms with Crippen molar-refractivity contribution in [1.29, 1.82) is 0 Å². The van der Waals surface area contributed by atoms with E-state index < -0.39 is 0 Å². The van der Waals surface area contributed by atoms with Crippen LogP contribution in [0.3, 0.4) is 0 Å². The molecule has 1 saturated heterocycles. The summed E-state index contributed by atoms with van der Waals surface area (Å²) in [7, 11) is 1.71. The van der Waals surface area contributed by atoms with Crippen LogP contribution in [0.4, 0.5) is 0 Å². The fourth-order valence-electron chi connectivity index (χ4n) is 3.31. The molecule has 1 fully saturated rings. The minimum absolute atomic E-state index is 0.507. The van der Waals surface area contributed by atoms with Gasteiger partial charge in [0.25, 0.3) is 0 Å². The Morgan fingerprint density at radius 2 is 1.70 bits per heavy atom. The second-order valence-corrected chi connectivity index (χ2v) is 5.98. The molecule has 23 heavy (non-hydrogen) atoms. The Balaban J connectivity index is 1.68. The van der Waals surface area contributed by atoms with Crippen molar-refractivity contribution in [3.63, 3.8) is 0 Å². The molecule has 0 saturated carbocycles. The third-order valence-corrected chi connectivity index (χ3v) is 4.48. The average Bonchev–Trinajstić information content (AvgIpc) is 3.05. The minimum Gasteiger partial charge on any atom is -0.497 e. The maximum absolute atomic E-state index is 5.52. The molecule has 0 aliphatic carbocycles. The summed E-state index contributed by atoms with van der Waals surface area (Å²) in [5, 5.41) is 0. The molecule has 3 nitrogen and oxygen atoms in total. The van der Waals surface area contributed by atoms with Crippen LogP contribution in [-0.4, -0.2) is 25.2 Å². The van der Waals surface area contributed by atoms with Gasteiger partial charge in [-0.15, -0.1) is 0 Å².